The molecule has 0 amide bonds. The molecular formula is C18H34O. The van der Waals surface area contributed by atoms with Crippen LogP contribution in [0.25, 0.3) is 0 Å². The molecule has 2 aliphatic rings. The van der Waals surface area contributed by atoms with E-state index in [1.807, 2.05) is 7.11 Å². The van der Waals surface area contributed by atoms with Crippen LogP contribution >= 0.6 is 0 Å². The molecule has 0 aromatic rings. The van der Waals surface area contributed by atoms with Gasteiger partial charge in [0.1, 0.15) is 0 Å². The number of hydrogen-bond acceptors (Lipinski definition) is 1. The van der Waals surface area contributed by atoms with E-state index in [0.29, 0.717) is 6.10 Å². The van der Waals surface area contributed by atoms with Crippen LogP contribution in [0.2, 0.25) is 0 Å². The quantitative estimate of drug-likeness (QED) is 0.570. The molecule has 1 heteroatoms. The van der Waals surface area contributed by atoms with Gasteiger partial charge in [0.2, 0.25) is 0 Å². The van der Waals surface area contributed by atoms with E-state index in [-0.39, 0.29) is 0 Å². The monoisotopic (exact) mass is 266 g/mol. The molecule has 0 aromatic carbocycles. The van der Waals surface area contributed by atoms with Crippen molar-refractivity contribution in [1.29, 1.82) is 0 Å². The highest BCUT2D eigenvalue weighted by Gasteiger charge is 2.30. The summed E-state index contributed by atoms with van der Waals surface area (Å²) in [4.78, 5) is 0. The van der Waals surface area contributed by atoms with E-state index in [1.54, 1.807) is 0 Å². The van der Waals surface area contributed by atoms with Gasteiger partial charge in [0.15, 0.2) is 0 Å². The van der Waals surface area contributed by atoms with Crippen LogP contribution in [0.1, 0.15) is 84.0 Å². The molecule has 2 aliphatic carbocycles. The van der Waals surface area contributed by atoms with E-state index in [2.05, 4.69) is 6.92 Å². The van der Waals surface area contributed by atoms with Gasteiger partial charge in [0.05, 0.1) is 6.10 Å². The Morgan fingerprint density at radius 1 is 0.789 bits per heavy atom. The predicted octanol–water partition coefficient (Wildman–Crippen LogP) is 5.58. The molecule has 0 bridgehead atoms. The molecule has 0 heterocycles. The number of ether oxygens (including phenoxy) is 1. The normalized spacial score (nSPS) is 36.3. The summed E-state index contributed by atoms with van der Waals surface area (Å²) < 4.78 is 5.50. The summed E-state index contributed by atoms with van der Waals surface area (Å²) in [5, 5.41) is 0. The van der Waals surface area contributed by atoms with Gasteiger partial charge in [-0.1, -0.05) is 45.4 Å². The lowest BCUT2D eigenvalue weighted by Crippen LogP contribution is -2.28. The fourth-order valence-electron chi connectivity index (χ4n) is 4.43. The third-order valence-electron chi connectivity index (χ3n) is 5.83. The zero-order valence-corrected chi connectivity index (χ0v) is 13.2. The Bertz CT molecular complexity index is 222. The Labute approximate surface area is 120 Å². The summed E-state index contributed by atoms with van der Waals surface area (Å²) in [5.74, 6) is 3.15. The first kappa shape index (κ1) is 15.4. The van der Waals surface area contributed by atoms with Crippen LogP contribution in [0.15, 0.2) is 0 Å². The maximum atomic E-state index is 5.50. The summed E-state index contributed by atoms with van der Waals surface area (Å²) in [6.07, 6.45) is 18.0. The van der Waals surface area contributed by atoms with Crippen molar-refractivity contribution < 1.29 is 4.74 Å². The van der Waals surface area contributed by atoms with Crippen molar-refractivity contribution in [3.05, 3.63) is 0 Å². The van der Waals surface area contributed by atoms with E-state index in [9.17, 15) is 0 Å². The number of methoxy groups -OCH3 is 1. The molecule has 0 aromatic heterocycles. The molecule has 0 aliphatic heterocycles. The fraction of sp³-hybridized carbons (Fsp3) is 1.00. The van der Waals surface area contributed by atoms with Crippen molar-refractivity contribution in [3.63, 3.8) is 0 Å². The first-order chi connectivity index (χ1) is 9.33. The summed E-state index contributed by atoms with van der Waals surface area (Å²) in [6.45, 7) is 2.31. The van der Waals surface area contributed by atoms with Gasteiger partial charge in [-0.2, -0.15) is 0 Å². The van der Waals surface area contributed by atoms with Crippen molar-refractivity contribution in [2.45, 2.75) is 90.1 Å². The van der Waals surface area contributed by atoms with Crippen LogP contribution in [0, 0.1) is 17.8 Å². The van der Waals surface area contributed by atoms with E-state index in [1.165, 1.54) is 77.0 Å². The second-order valence-corrected chi connectivity index (χ2v) is 7.05. The molecule has 2 saturated carbocycles. The molecule has 112 valence electrons. The summed E-state index contributed by atoms with van der Waals surface area (Å²) in [5.41, 5.74) is 0. The van der Waals surface area contributed by atoms with Crippen LogP contribution < -0.4 is 0 Å². The molecule has 0 N–H and O–H groups in total. The Morgan fingerprint density at radius 2 is 1.37 bits per heavy atom. The average molecular weight is 266 g/mol. The van der Waals surface area contributed by atoms with Crippen LogP contribution in [-0.2, 0) is 4.74 Å². The predicted molar refractivity (Wildman–Crippen MR) is 82.3 cm³/mol. The zero-order valence-electron chi connectivity index (χ0n) is 13.2. The topological polar surface area (TPSA) is 9.23 Å². The van der Waals surface area contributed by atoms with Gasteiger partial charge in [-0.25, -0.2) is 0 Å². The van der Waals surface area contributed by atoms with Crippen LogP contribution in [0.5, 0.6) is 0 Å². The minimum Gasteiger partial charge on any atom is -0.381 e. The highest BCUT2D eigenvalue weighted by Crippen LogP contribution is 2.41. The lowest BCUT2D eigenvalue weighted by Gasteiger charge is -2.37. The van der Waals surface area contributed by atoms with Gasteiger partial charge in [0.25, 0.3) is 0 Å². The molecule has 0 atom stereocenters. The Kier molecular flexibility index (Phi) is 6.70. The summed E-state index contributed by atoms with van der Waals surface area (Å²) in [6, 6.07) is 0. The lowest BCUT2D eigenvalue weighted by atomic mass is 9.70. The number of unbranched alkanes of at least 4 members (excludes halogenated alkanes) is 2. The maximum Gasteiger partial charge on any atom is 0.0571 e. The van der Waals surface area contributed by atoms with E-state index < -0.39 is 0 Å². The molecule has 0 saturated heterocycles. The van der Waals surface area contributed by atoms with Crippen molar-refractivity contribution in [1.82, 2.24) is 0 Å². The smallest absolute Gasteiger partial charge is 0.0571 e. The third kappa shape index (κ3) is 4.77. The first-order valence-electron chi connectivity index (χ1n) is 8.86. The fourth-order valence-corrected chi connectivity index (χ4v) is 4.43. The largest absolute Gasteiger partial charge is 0.381 e. The second kappa shape index (κ2) is 8.29. The lowest BCUT2D eigenvalue weighted by molar-refractivity contribution is 0.0391. The number of rotatable bonds is 6. The van der Waals surface area contributed by atoms with Gasteiger partial charge in [-0.15, -0.1) is 0 Å². The summed E-state index contributed by atoms with van der Waals surface area (Å²) >= 11 is 0. The highest BCUT2D eigenvalue weighted by atomic mass is 16.5. The van der Waals surface area contributed by atoms with E-state index in [0.717, 1.165) is 17.8 Å². The molecule has 2 fully saturated rings. The summed E-state index contributed by atoms with van der Waals surface area (Å²) in [7, 11) is 1.88. The SMILES string of the molecule is CCCCC[C@H]1CC[C@H]([C@H]2CC[C@H](OC)CC2)CC1. The van der Waals surface area contributed by atoms with Crippen molar-refractivity contribution in [2.75, 3.05) is 7.11 Å². The molecule has 1 nitrogen and oxygen atoms in total. The second-order valence-electron chi connectivity index (χ2n) is 7.05. The van der Waals surface area contributed by atoms with Crippen molar-refractivity contribution in [2.24, 2.45) is 17.8 Å². The molecule has 19 heavy (non-hydrogen) atoms. The van der Waals surface area contributed by atoms with Crippen LogP contribution in [0.3, 0.4) is 0 Å². The average Bonchev–Trinajstić information content (AvgIpc) is 2.48. The van der Waals surface area contributed by atoms with E-state index in [4.69, 9.17) is 4.74 Å². The van der Waals surface area contributed by atoms with Gasteiger partial charge >= 0.3 is 0 Å². The van der Waals surface area contributed by atoms with Crippen molar-refractivity contribution in [3.8, 4) is 0 Å². The van der Waals surface area contributed by atoms with Gasteiger partial charge in [0, 0.05) is 7.11 Å². The minimum atomic E-state index is 0.571. The van der Waals surface area contributed by atoms with E-state index >= 15 is 0 Å². The van der Waals surface area contributed by atoms with Crippen LogP contribution in [-0.4, -0.2) is 13.2 Å². The standard InChI is InChI=1S/C18H34O/c1-3-4-5-6-15-7-9-16(10-8-15)17-11-13-18(19-2)14-12-17/h15-18H,3-14H2,1-2H3/t15-,16-,17-,18-. The number of hydrogen-bond donors (Lipinski definition) is 0. The van der Waals surface area contributed by atoms with Gasteiger partial charge in [-0.05, 0) is 56.3 Å². The Morgan fingerprint density at radius 3 is 1.89 bits per heavy atom. The minimum absolute atomic E-state index is 0.571. The molecule has 0 unspecified atom stereocenters. The molecule has 2 rings (SSSR count). The third-order valence-corrected chi connectivity index (χ3v) is 5.83. The first-order valence-corrected chi connectivity index (χ1v) is 8.86. The molecule has 0 spiro atoms. The zero-order chi connectivity index (χ0) is 13.5. The maximum absolute atomic E-state index is 5.50. The molecular weight excluding hydrogens is 232 g/mol. The molecule has 0 radical (unpaired) electrons. The Hall–Kier alpha value is -0.0400. The highest BCUT2D eigenvalue weighted by molar-refractivity contribution is 4.82. The van der Waals surface area contributed by atoms with Crippen molar-refractivity contribution >= 4 is 0 Å². The van der Waals surface area contributed by atoms with Crippen LogP contribution in [0.4, 0.5) is 0 Å². The Balaban J connectivity index is 1.63. The van der Waals surface area contributed by atoms with Gasteiger partial charge < -0.3 is 4.74 Å². The van der Waals surface area contributed by atoms with Gasteiger partial charge in [-0.3, -0.25) is 0 Å².